The first kappa shape index (κ1) is 12.2. The highest BCUT2D eigenvalue weighted by atomic mass is 19.2. The minimum absolute atomic E-state index is 0.0108. The van der Waals surface area contributed by atoms with Crippen LogP contribution in [-0.4, -0.2) is 19.3 Å². The third kappa shape index (κ3) is 2.54. The van der Waals surface area contributed by atoms with Gasteiger partial charge in [-0.1, -0.05) is 0 Å². The second kappa shape index (κ2) is 4.96. The molecule has 1 fully saturated rings. The summed E-state index contributed by atoms with van der Waals surface area (Å²) in [6.45, 7) is 3.18. The van der Waals surface area contributed by atoms with Crippen LogP contribution in [0.15, 0.2) is 12.1 Å². The minimum Gasteiger partial charge on any atom is -0.381 e. The molecule has 1 saturated heterocycles. The molecule has 2 nitrogen and oxygen atoms in total. The van der Waals surface area contributed by atoms with Crippen molar-refractivity contribution in [2.24, 2.45) is 5.92 Å². The molecule has 0 amide bonds. The molecule has 17 heavy (non-hydrogen) atoms. The molecule has 1 heterocycles. The molecule has 1 aliphatic rings. The Balaban J connectivity index is 2.10. The van der Waals surface area contributed by atoms with Crippen molar-refractivity contribution in [2.75, 3.05) is 18.5 Å². The Morgan fingerprint density at radius 1 is 1.29 bits per heavy atom. The van der Waals surface area contributed by atoms with Gasteiger partial charge in [0.05, 0.1) is 12.3 Å². The molecule has 1 N–H and O–H groups in total. The Kier molecular flexibility index (Phi) is 3.57. The minimum atomic E-state index is -1.44. The first-order valence-corrected chi connectivity index (χ1v) is 5.57. The fourth-order valence-corrected chi connectivity index (χ4v) is 1.95. The van der Waals surface area contributed by atoms with Crippen LogP contribution in [0.5, 0.6) is 0 Å². The number of hydrogen-bond donors (Lipinski definition) is 1. The van der Waals surface area contributed by atoms with Gasteiger partial charge >= 0.3 is 0 Å². The van der Waals surface area contributed by atoms with Gasteiger partial charge < -0.3 is 10.1 Å². The van der Waals surface area contributed by atoms with E-state index in [1.165, 1.54) is 6.07 Å². The van der Waals surface area contributed by atoms with Crippen LogP contribution >= 0.6 is 0 Å². The maximum atomic E-state index is 13.4. The van der Waals surface area contributed by atoms with Crippen LogP contribution in [0.4, 0.5) is 18.9 Å². The Bertz CT molecular complexity index is 405. The highest BCUT2D eigenvalue weighted by Gasteiger charge is 2.23. The quantitative estimate of drug-likeness (QED) is 0.827. The summed E-state index contributed by atoms with van der Waals surface area (Å²) >= 11 is 0. The SMILES string of the molecule is CC(Nc1ccc(F)c(F)c1F)C1CCOC1. The van der Waals surface area contributed by atoms with Crippen molar-refractivity contribution in [2.45, 2.75) is 19.4 Å². The van der Waals surface area contributed by atoms with Crippen molar-refractivity contribution < 1.29 is 17.9 Å². The zero-order valence-corrected chi connectivity index (χ0v) is 9.47. The largest absolute Gasteiger partial charge is 0.381 e. The summed E-state index contributed by atoms with van der Waals surface area (Å²) < 4.78 is 44.4. The molecule has 0 radical (unpaired) electrons. The normalized spacial score (nSPS) is 21.5. The third-order valence-electron chi connectivity index (χ3n) is 3.09. The second-order valence-electron chi connectivity index (χ2n) is 4.28. The molecule has 0 aromatic heterocycles. The van der Waals surface area contributed by atoms with Crippen molar-refractivity contribution in [1.29, 1.82) is 0 Å². The molecule has 0 bridgehead atoms. The van der Waals surface area contributed by atoms with Gasteiger partial charge in [0, 0.05) is 18.6 Å². The summed E-state index contributed by atoms with van der Waals surface area (Å²) in [4.78, 5) is 0. The third-order valence-corrected chi connectivity index (χ3v) is 3.09. The summed E-state index contributed by atoms with van der Waals surface area (Å²) in [5, 5.41) is 2.86. The van der Waals surface area contributed by atoms with E-state index in [1.54, 1.807) is 0 Å². The van der Waals surface area contributed by atoms with Crippen molar-refractivity contribution in [3.8, 4) is 0 Å². The van der Waals surface area contributed by atoms with E-state index in [9.17, 15) is 13.2 Å². The molecule has 2 atom stereocenters. The molecule has 5 heteroatoms. The van der Waals surface area contributed by atoms with Crippen LogP contribution in [0.25, 0.3) is 0 Å². The molecule has 0 aliphatic carbocycles. The number of benzene rings is 1. The number of anilines is 1. The van der Waals surface area contributed by atoms with Gasteiger partial charge in [0.1, 0.15) is 0 Å². The first-order chi connectivity index (χ1) is 8.09. The van der Waals surface area contributed by atoms with E-state index in [0.717, 1.165) is 12.5 Å². The highest BCUT2D eigenvalue weighted by Crippen LogP contribution is 2.24. The summed E-state index contributed by atoms with van der Waals surface area (Å²) in [5.41, 5.74) is -0.0108. The lowest BCUT2D eigenvalue weighted by Crippen LogP contribution is -2.26. The molecule has 1 aromatic rings. The first-order valence-electron chi connectivity index (χ1n) is 5.57. The molecule has 1 aromatic carbocycles. The van der Waals surface area contributed by atoms with E-state index in [4.69, 9.17) is 4.74 Å². The van der Waals surface area contributed by atoms with Crippen LogP contribution in [0.1, 0.15) is 13.3 Å². The van der Waals surface area contributed by atoms with Crippen LogP contribution in [-0.2, 0) is 4.74 Å². The second-order valence-corrected chi connectivity index (χ2v) is 4.28. The standard InChI is InChI=1S/C12H14F3NO/c1-7(8-4-5-17-6-8)16-10-3-2-9(13)11(14)12(10)15/h2-3,7-8,16H,4-6H2,1H3. The van der Waals surface area contributed by atoms with Gasteiger partial charge in [-0.2, -0.15) is 0 Å². The predicted octanol–water partition coefficient (Wildman–Crippen LogP) is 2.94. The topological polar surface area (TPSA) is 21.3 Å². The highest BCUT2D eigenvalue weighted by molar-refractivity contribution is 5.46. The fraction of sp³-hybridized carbons (Fsp3) is 0.500. The number of nitrogens with one attached hydrogen (secondary N) is 1. The average Bonchev–Trinajstić information content (AvgIpc) is 2.83. The van der Waals surface area contributed by atoms with Crippen molar-refractivity contribution in [3.63, 3.8) is 0 Å². The van der Waals surface area contributed by atoms with Crippen LogP contribution < -0.4 is 5.32 Å². The fourth-order valence-electron chi connectivity index (χ4n) is 1.95. The van der Waals surface area contributed by atoms with Crippen molar-refractivity contribution >= 4 is 5.69 Å². The Hall–Kier alpha value is -1.23. The zero-order valence-electron chi connectivity index (χ0n) is 9.47. The summed E-state index contributed by atoms with van der Waals surface area (Å²) in [6, 6.07) is 2.08. The summed E-state index contributed by atoms with van der Waals surface area (Å²) in [5.74, 6) is -3.52. The Morgan fingerprint density at radius 3 is 2.71 bits per heavy atom. The van der Waals surface area contributed by atoms with Crippen molar-refractivity contribution in [3.05, 3.63) is 29.6 Å². The van der Waals surface area contributed by atoms with Gasteiger partial charge in [-0.3, -0.25) is 0 Å². The maximum absolute atomic E-state index is 13.4. The molecule has 2 rings (SSSR count). The molecule has 0 spiro atoms. The number of hydrogen-bond acceptors (Lipinski definition) is 2. The van der Waals surface area contributed by atoms with Crippen LogP contribution in [0.3, 0.4) is 0 Å². The van der Waals surface area contributed by atoms with Crippen molar-refractivity contribution in [1.82, 2.24) is 0 Å². The summed E-state index contributed by atoms with van der Waals surface area (Å²) in [6.07, 6.45) is 0.888. The van der Waals surface area contributed by atoms with E-state index in [0.29, 0.717) is 13.2 Å². The number of ether oxygens (including phenoxy) is 1. The number of rotatable bonds is 3. The van der Waals surface area contributed by atoms with E-state index < -0.39 is 17.5 Å². The lowest BCUT2D eigenvalue weighted by Gasteiger charge is -2.20. The van der Waals surface area contributed by atoms with Gasteiger partial charge in [-0.15, -0.1) is 0 Å². The maximum Gasteiger partial charge on any atom is 0.196 e. The van der Waals surface area contributed by atoms with E-state index >= 15 is 0 Å². The van der Waals surface area contributed by atoms with Crippen LogP contribution in [0, 0.1) is 23.4 Å². The molecule has 0 saturated carbocycles. The van der Waals surface area contributed by atoms with Gasteiger partial charge in [0.2, 0.25) is 0 Å². The average molecular weight is 245 g/mol. The van der Waals surface area contributed by atoms with Gasteiger partial charge in [-0.05, 0) is 25.5 Å². The Morgan fingerprint density at radius 2 is 2.06 bits per heavy atom. The lowest BCUT2D eigenvalue weighted by molar-refractivity contribution is 0.183. The monoisotopic (exact) mass is 245 g/mol. The smallest absolute Gasteiger partial charge is 0.196 e. The Labute approximate surface area is 97.8 Å². The van der Waals surface area contributed by atoms with Gasteiger partial charge in [0.15, 0.2) is 17.5 Å². The number of halogens is 3. The van der Waals surface area contributed by atoms with Gasteiger partial charge in [-0.25, -0.2) is 13.2 Å². The molecular formula is C12H14F3NO. The molecule has 2 unspecified atom stereocenters. The molecule has 1 aliphatic heterocycles. The van der Waals surface area contributed by atoms with E-state index in [2.05, 4.69) is 5.32 Å². The van der Waals surface area contributed by atoms with Crippen LogP contribution in [0.2, 0.25) is 0 Å². The summed E-state index contributed by atoms with van der Waals surface area (Å²) in [7, 11) is 0. The van der Waals surface area contributed by atoms with E-state index in [1.807, 2.05) is 6.92 Å². The molecule has 94 valence electrons. The molecular weight excluding hydrogens is 231 g/mol. The zero-order chi connectivity index (χ0) is 12.4. The lowest BCUT2D eigenvalue weighted by atomic mass is 10.0. The van der Waals surface area contributed by atoms with Gasteiger partial charge in [0.25, 0.3) is 0 Å². The van der Waals surface area contributed by atoms with E-state index in [-0.39, 0.29) is 17.6 Å². The predicted molar refractivity (Wildman–Crippen MR) is 58.3 cm³/mol.